The van der Waals surface area contributed by atoms with Gasteiger partial charge in [0.2, 0.25) is 5.60 Å². The molecule has 396 valence electrons. The second kappa shape index (κ2) is 20.2. The van der Waals surface area contributed by atoms with E-state index in [1.54, 1.807) is 0 Å². The van der Waals surface area contributed by atoms with Crippen molar-refractivity contribution in [2.75, 3.05) is 51.8 Å². The standard InChI is InChI=1S/C59H78N4O7Si.CO2/c1-7-56(66)36-42-35-55(4,50-44(24-28-62(37-42)39-56)43-21-12-13-22-47(43)60-50)45-34-46-48(33-40(45)3)61(5)52-58(46)26-29-63-27-18-25-57(8-2,51(58)63)53(59(52,67)54(65)68-6)70-71(31-16-17-32-71)30-15-14-23-49(64)69-38-41-19-10-9-11-20-41;2-1-3/h9-13,18-22,25,33-34,42,51-53,60,66-67H,7-8,14-17,23-24,26-32,35-39H2,1-6H3;/t42?,51-,52+,53+,55+,56-,57+,58+,59-;/m0./s1. The lowest BCUT2D eigenvalue weighted by Gasteiger charge is -2.65. The normalized spacial score (nSPS) is 33.4. The topological polar surface area (TPSA) is 162 Å². The molecule has 1 spiro atoms. The predicted molar refractivity (Wildman–Crippen MR) is 286 cm³/mol. The molecule has 0 radical (unpaired) electrons. The SMILES string of the molecule is CC[C@]1(O)CC2CN(CCc3c([nH]c4ccccc34)[C@@](C)(c3cc4c(cc3C)N(C)[C@H]3[C@@](O)(C(=O)OC)[C@H](O[Si]5(CCCCC(=O)OCc6ccccc6)CCCC5)[C@]5(CC)C=CCN6CC[C@]43[C@@H]65)C2)C1.O=C=O. The van der Waals surface area contributed by atoms with Gasteiger partial charge in [-0.05, 0) is 129 Å². The van der Waals surface area contributed by atoms with Crippen molar-refractivity contribution in [1.29, 1.82) is 0 Å². The molecule has 11 rings (SSSR count). The minimum Gasteiger partial charge on any atom is -0.467 e. The number of para-hydroxylation sites is 1. The van der Waals surface area contributed by atoms with Gasteiger partial charge in [-0.15, -0.1) is 0 Å². The first kappa shape index (κ1) is 52.5. The van der Waals surface area contributed by atoms with E-state index in [9.17, 15) is 15.0 Å². The minimum atomic E-state index is -2.57. The molecule has 7 heterocycles. The highest BCUT2D eigenvalue weighted by molar-refractivity contribution is 6.74. The summed E-state index contributed by atoms with van der Waals surface area (Å²) >= 11 is 0. The van der Waals surface area contributed by atoms with E-state index in [4.69, 9.17) is 23.5 Å². The Hall–Kier alpha value is -4.92. The van der Waals surface area contributed by atoms with Crippen molar-refractivity contribution in [2.24, 2.45) is 11.3 Å². The molecular weight excluding hydrogens is 949 g/mol. The molecule has 1 saturated carbocycles. The van der Waals surface area contributed by atoms with Gasteiger partial charge in [0, 0.05) is 84.2 Å². The van der Waals surface area contributed by atoms with Crippen molar-refractivity contribution in [3.63, 3.8) is 0 Å². The Balaban J connectivity index is 0.00000204. The highest BCUT2D eigenvalue weighted by Gasteiger charge is 2.80. The first-order valence-corrected chi connectivity index (χ1v) is 30.1. The quantitative estimate of drug-likeness (QED) is 0.0507. The van der Waals surface area contributed by atoms with Gasteiger partial charge in [0.15, 0.2) is 8.32 Å². The number of aryl methyl sites for hydroxylation is 1. The van der Waals surface area contributed by atoms with E-state index in [0.29, 0.717) is 25.8 Å². The van der Waals surface area contributed by atoms with Crippen molar-refractivity contribution in [2.45, 2.75) is 163 Å². The number of fused-ring (bicyclic) bond motifs is 6. The van der Waals surface area contributed by atoms with Gasteiger partial charge in [-0.2, -0.15) is 9.59 Å². The third-order valence-corrected chi connectivity index (χ3v) is 24.1. The Labute approximate surface area is 438 Å². The number of aromatic nitrogens is 1. The number of ether oxygens (including phenoxy) is 2. The van der Waals surface area contributed by atoms with Crippen LogP contribution in [0.15, 0.2) is 78.9 Å². The van der Waals surface area contributed by atoms with Crippen molar-refractivity contribution in [1.82, 2.24) is 14.8 Å². The number of rotatable bonds is 13. The zero-order chi connectivity index (χ0) is 52.3. The summed E-state index contributed by atoms with van der Waals surface area (Å²) in [6, 6.07) is 25.6. The third kappa shape index (κ3) is 8.46. The molecule has 1 aromatic heterocycles. The number of esters is 2. The van der Waals surface area contributed by atoms with E-state index in [2.05, 4.69) is 103 Å². The van der Waals surface area contributed by atoms with E-state index < -0.39 is 53.9 Å². The molecule has 14 heteroatoms. The Bertz CT molecular complexity index is 2810. The van der Waals surface area contributed by atoms with Gasteiger partial charge < -0.3 is 34.0 Å². The fraction of sp³-hybridized carbons (Fsp3) is 0.583. The molecule has 2 unspecified atom stereocenters. The summed E-state index contributed by atoms with van der Waals surface area (Å²) in [4.78, 5) is 55.8. The average molecular weight is 1030 g/mol. The first-order chi connectivity index (χ1) is 35.6. The number of anilines is 1. The Morgan fingerprint density at radius 3 is 2.41 bits per heavy atom. The van der Waals surface area contributed by atoms with Crippen molar-refractivity contribution in [3.05, 3.63) is 112 Å². The molecule has 0 amide bonds. The van der Waals surface area contributed by atoms with Crippen molar-refractivity contribution >= 4 is 43.0 Å². The molecule has 13 nitrogen and oxygen atoms in total. The number of carbonyl (C=O) groups excluding carboxylic acids is 4. The Morgan fingerprint density at radius 2 is 1.68 bits per heavy atom. The van der Waals surface area contributed by atoms with Gasteiger partial charge >= 0.3 is 18.1 Å². The van der Waals surface area contributed by atoms with Crippen LogP contribution < -0.4 is 4.90 Å². The fourth-order valence-corrected chi connectivity index (χ4v) is 21.2. The van der Waals surface area contributed by atoms with Gasteiger partial charge in [0.1, 0.15) is 6.61 Å². The van der Waals surface area contributed by atoms with Gasteiger partial charge in [0.05, 0.1) is 24.9 Å². The number of H-pyrrole nitrogens is 1. The molecule has 4 fully saturated rings. The molecule has 3 aromatic carbocycles. The van der Waals surface area contributed by atoms with Crippen LogP contribution in [0.4, 0.5) is 5.69 Å². The number of unbranched alkanes of at least 4 members (excludes halogenated alkanes) is 1. The first-order valence-electron chi connectivity index (χ1n) is 27.6. The van der Waals surface area contributed by atoms with Crippen LogP contribution in [0.1, 0.15) is 118 Å². The second-order valence-electron chi connectivity index (χ2n) is 23.6. The lowest BCUT2D eigenvalue weighted by molar-refractivity contribution is -0.214. The summed E-state index contributed by atoms with van der Waals surface area (Å²) in [6.07, 6.45) is 12.8. The number of hydrogen-bond donors (Lipinski definition) is 3. The van der Waals surface area contributed by atoms with Crippen LogP contribution in [-0.2, 0) is 56.9 Å². The van der Waals surface area contributed by atoms with Crippen LogP contribution in [0, 0.1) is 18.3 Å². The van der Waals surface area contributed by atoms with Crippen LogP contribution >= 0.6 is 0 Å². The van der Waals surface area contributed by atoms with E-state index in [0.717, 1.165) is 112 Å². The lowest BCUT2D eigenvalue weighted by Crippen LogP contribution is -2.82. The molecule has 2 bridgehead atoms. The number of carbonyl (C=O) groups is 2. The Kier molecular flexibility index (Phi) is 14.3. The van der Waals surface area contributed by atoms with Crippen molar-refractivity contribution < 1.29 is 43.3 Å². The highest BCUT2D eigenvalue weighted by atomic mass is 28.4. The fourth-order valence-electron chi connectivity index (χ4n) is 16.6. The molecule has 7 aliphatic rings. The lowest BCUT2D eigenvalue weighted by atomic mass is 9.47. The summed E-state index contributed by atoms with van der Waals surface area (Å²) in [5, 5.41) is 27.5. The number of benzene rings is 3. The molecule has 3 N–H and O–H groups in total. The van der Waals surface area contributed by atoms with E-state index in [-0.39, 0.29) is 30.7 Å². The molecule has 6 aliphatic heterocycles. The average Bonchev–Trinajstić information content (AvgIpc) is 4.27. The van der Waals surface area contributed by atoms with Crippen LogP contribution in [0.25, 0.3) is 10.9 Å². The summed E-state index contributed by atoms with van der Waals surface area (Å²) in [7, 11) is 0.956. The highest BCUT2D eigenvalue weighted by Crippen LogP contribution is 2.68. The zero-order valence-corrected chi connectivity index (χ0v) is 45.6. The molecule has 74 heavy (non-hydrogen) atoms. The zero-order valence-electron chi connectivity index (χ0n) is 44.6. The van der Waals surface area contributed by atoms with Crippen LogP contribution in [0.3, 0.4) is 0 Å². The van der Waals surface area contributed by atoms with E-state index in [1.165, 1.54) is 40.4 Å². The second-order valence-corrected chi connectivity index (χ2v) is 27.7. The van der Waals surface area contributed by atoms with E-state index >= 15 is 4.79 Å². The van der Waals surface area contributed by atoms with Crippen LogP contribution in [0.2, 0.25) is 18.1 Å². The molecule has 1 aliphatic carbocycles. The largest absolute Gasteiger partial charge is 0.467 e. The molecular formula is C60H78N4O9Si. The number of aliphatic hydroxyl groups is 2. The van der Waals surface area contributed by atoms with E-state index in [1.807, 2.05) is 30.3 Å². The maximum absolute atomic E-state index is 15.2. The molecule has 10 atom stereocenters. The number of methoxy groups -OCH3 is 1. The Morgan fingerprint density at radius 1 is 0.932 bits per heavy atom. The summed E-state index contributed by atoms with van der Waals surface area (Å²) in [5.41, 5.74) is 5.00. The third-order valence-electron chi connectivity index (χ3n) is 19.6. The molecule has 4 aromatic rings. The number of likely N-dealkylation sites (N-methyl/N-ethyl adjacent to an activating group) is 1. The predicted octanol–water partition coefficient (Wildman–Crippen LogP) is 8.66. The number of piperidine rings is 1. The van der Waals surface area contributed by atoms with Crippen LogP contribution in [0.5, 0.6) is 0 Å². The number of nitrogens with one attached hydrogen (secondary N) is 1. The minimum absolute atomic E-state index is 0.0422. The summed E-state index contributed by atoms with van der Waals surface area (Å²) in [6.45, 7) is 13.6. The maximum atomic E-state index is 15.2. The number of nitrogens with zero attached hydrogens (tertiary/aromatic N) is 3. The van der Waals surface area contributed by atoms with Gasteiger partial charge in [0.25, 0.3) is 0 Å². The summed E-state index contributed by atoms with van der Waals surface area (Å²) < 4.78 is 19.4. The summed E-state index contributed by atoms with van der Waals surface area (Å²) in [5.74, 6) is -0.536. The van der Waals surface area contributed by atoms with Gasteiger partial charge in [-0.25, -0.2) is 4.79 Å². The van der Waals surface area contributed by atoms with Gasteiger partial charge in [-0.1, -0.05) is 99.9 Å². The monoisotopic (exact) mass is 1030 g/mol. The number of hydrogen-bond acceptors (Lipinski definition) is 12. The molecule has 3 saturated heterocycles. The smallest absolute Gasteiger partial charge is 0.373 e. The maximum Gasteiger partial charge on any atom is 0.373 e. The number of aromatic amines is 1. The van der Waals surface area contributed by atoms with Gasteiger partial charge in [-0.3, -0.25) is 14.6 Å². The van der Waals surface area contributed by atoms with Crippen LogP contribution in [-0.4, -0.2) is 128 Å². The van der Waals surface area contributed by atoms with Crippen molar-refractivity contribution in [3.8, 4) is 0 Å².